The van der Waals surface area contributed by atoms with Crippen molar-refractivity contribution in [3.8, 4) is 5.75 Å². The minimum atomic E-state index is 0.129. The Morgan fingerprint density at radius 2 is 1.89 bits per heavy atom. The van der Waals surface area contributed by atoms with E-state index in [0.29, 0.717) is 6.54 Å². The second kappa shape index (κ2) is 5.85. The molecule has 0 aliphatic rings. The fourth-order valence-corrected chi connectivity index (χ4v) is 2.52. The van der Waals surface area contributed by atoms with E-state index in [-0.39, 0.29) is 5.92 Å². The summed E-state index contributed by atoms with van der Waals surface area (Å²) in [5.74, 6) is 1.07. The number of rotatable bonds is 4. The van der Waals surface area contributed by atoms with Gasteiger partial charge in [-0.3, -0.25) is 4.98 Å². The lowest BCUT2D eigenvalue weighted by Gasteiger charge is -2.18. The number of pyridine rings is 1. The van der Waals surface area contributed by atoms with E-state index in [1.807, 2.05) is 18.2 Å². The maximum absolute atomic E-state index is 5.94. The van der Waals surface area contributed by atoms with Crippen molar-refractivity contribution >= 4 is 0 Å². The van der Waals surface area contributed by atoms with Gasteiger partial charge in [0.15, 0.2) is 0 Å². The van der Waals surface area contributed by atoms with E-state index in [4.69, 9.17) is 10.5 Å². The number of ether oxygens (including phenoxy) is 1. The third-order valence-electron chi connectivity index (χ3n) is 3.37. The van der Waals surface area contributed by atoms with Gasteiger partial charge in [-0.25, -0.2) is 0 Å². The first-order valence-corrected chi connectivity index (χ1v) is 6.43. The summed E-state index contributed by atoms with van der Waals surface area (Å²) in [7, 11) is 1.70. The minimum Gasteiger partial charge on any atom is -0.496 e. The molecule has 0 fully saturated rings. The predicted octanol–water partition coefficient (Wildman–Crippen LogP) is 2.80. The van der Waals surface area contributed by atoms with Gasteiger partial charge in [-0.05, 0) is 42.7 Å². The first kappa shape index (κ1) is 13.6. The molecular weight excluding hydrogens is 236 g/mol. The molecule has 1 heterocycles. The molecule has 0 bridgehead atoms. The van der Waals surface area contributed by atoms with E-state index in [0.717, 1.165) is 22.6 Å². The van der Waals surface area contributed by atoms with Gasteiger partial charge in [-0.2, -0.15) is 0 Å². The van der Waals surface area contributed by atoms with Crippen LogP contribution in [0.2, 0.25) is 0 Å². The molecule has 1 unspecified atom stereocenters. The highest BCUT2D eigenvalue weighted by atomic mass is 16.5. The minimum absolute atomic E-state index is 0.129. The Morgan fingerprint density at radius 3 is 2.37 bits per heavy atom. The summed E-state index contributed by atoms with van der Waals surface area (Å²) < 4.78 is 5.40. The molecule has 3 nitrogen and oxygen atoms in total. The molecule has 100 valence electrons. The molecule has 0 spiro atoms. The second-order valence-electron chi connectivity index (χ2n) is 4.73. The lowest BCUT2D eigenvalue weighted by Crippen LogP contribution is -2.15. The first-order valence-electron chi connectivity index (χ1n) is 6.43. The van der Waals surface area contributed by atoms with E-state index < -0.39 is 0 Å². The topological polar surface area (TPSA) is 48.1 Å². The normalized spacial score (nSPS) is 12.2. The Kier molecular flexibility index (Phi) is 4.17. The van der Waals surface area contributed by atoms with Crippen molar-refractivity contribution in [1.29, 1.82) is 0 Å². The molecule has 2 N–H and O–H groups in total. The van der Waals surface area contributed by atoms with Gasteiger partial charge >= 0.3 is 0 Å². The predicted molar refractivity (Wildman–Crippen MR) is 77.6 cm³/mol. The van der Waals surface area contributed by atoms with E-state index in [9.17, 15) is 0 Å². The third-order valence-corrected chi connectivity index (χ3v) is 3.37. The highest BCUT2D eigenvalue weighted by molar-refractivity contribution is 5.46. The molecule has 2 rings (SSSR count). The largest absolute Gasteiger partial charge is 0.496 e. The zero-order chi connectivity index (χ0) is 13.8. The van der Waals surface area contributed by atoms with E-state index in [1.54, 1.807) is 13.3 Å². The Hall–Kier alpha value is -1.87. The summed E-state index contributed by atoms with van der Waals surface area (Å²) >= 11 is 0. The molecule has 1 aromatic carbocycles. The van der Waals surface area contributed by atoms with Crippen molar-refractivity contribution in [1.82, 2.24) is 4.98 Å². The highest BCUT2D eigenvalue weighted by Crippen LogP contribution is 2.30. The fourth-order valence-electron chi connectivity index (χ4n) is 2.52. The van der Waals surface area contributed by atoms with Crippen LogP contribution in [0.4, 0.5) is 0 Å². The maximum Gasteiger partial charge on any atom is 0.124 e. The summed E-state index contributed by atoms with van der Waals surface area (Å²) in [6, 6.07) is 10.2. The molecule has 1 atom stereocenters. The number of hydrogen-bond donors (Lipinski definition) is 1. The van der Waals surface area contributed by atoms with Crippen LogP contribution in [0.1, 0.15) is 28.3 Å². The van der Waals surface area contributed by atoms with Gasteiger partial charge in [0.05, 0.1) is 7.11 Å². The number of aromatic nitrogens is 1. The van der Waals surface area contributed by atoms with Crippen LogP contribution in [0.5, 0.6) is 5.75 Å². The van der Waals surface area contributed by atoms with Crippen molar-refractivity contribution in [2.75, 3.05) is 13.7 Å². The number of hydrogen-bond acceptors (Lipinski definition) is 3. The van der Waals surface area contributed by atoms with Gasteiger partial charge in [0.25, 0.3) is 0 Å². The number of nitrogens with zero attached hydrogens (tertiary/aromatic N) is 1. The van der Waals surface area contributed by atoms with Crippen LogP contribution in [-0.2, 0) is 0 Å². The van der Waals surface area contributed by atoms with Crippen molar-refractivity contribution in [3.63, 3.8) is 0 Å². The van der Waals surface area contributed by atoms with Crippen LogP contribution in [-0.4, -0.2) is 18.6 Å². The lowest BCUT2D eigenvalue weighted by atomic mass is 9.92. The van der Waals surface area contributed by atoms with Crippen molar-refractivity contribution in [2.45, 2.75) is 19.8 Å². The summed E-state index contributed by atoms with van der Waals surface area (Å²) in [6.07, 6.45) is 1.81. The van der Waals surface area contributed by atoms with Crippen LogP contribution >= 0.6 is 0 Å². The lowest BCUT2D eigenvalue weighted by molar-refractivity contribution is 0.408. The molecule has 0 radical (unpaired) electrons. The molecular formula is C16H20N2O. The molecule has 3 heteroatoms. The van der Waals surface area contributed by atoms with E-state index in [1.165, 1.54) is 5.56 Å². The number of benzene rings is 1. The Balaban J connectivity index is 2.45. The molecule has 0 amide bonds. The molecule has 0 aliphatic heterocycles. The van der Waals surface area contributed by atoms with Crippen molar-refractivity contribution in [2.24, 2.45) is 5.73 Å². The summed E-state index contributed by atoms with van der Waals surface area (Å²) in [5.41, 5.74) is 10.4. The van der Waals surface area contributed by atoms with Crippen molar-refractivity contribution in [3.05, 3.63) is 58.9 Å². The van der Waals surface area contributed by atoms with Gasteiger partial charge in [-0.1, -0.05) is 18.2 Å². The van der Waals surface area contributed by atoms with Crippen LogP contribution < -0.4 is 10.5 Å². The molecule has 19 heavy (non-hydrogen) atoms. The summed E-state index contributed by atoms with van der Waals surface area (Å²) in [5, 5.41) is 0. The maximum atomic E-state index is 5.94. The second-order valence-corrected chi connectivity index (χ2v) is 4.73. The van der Waals surface area contributed by atoms with Crippen LogP contribution in [0.3, 0.4) is 0 Å². The van der Waals surface area contributed by atoms with E-state index in [2.05, 4.69) is 31.0 Å². The summed E-state index contributed by atoms with van der Waals surface area (Å²) in [6.45, 7) is 4.66. The van der Waals surface area contributed by atoms with Crippen LogP contribution in [0.25, 0.3) is 0 Å². The van der Waals surface area contributed by atoms with Crippen molar-refractivity contribution < 1.29 is 4.74 Å². The van der Waals surface area contributed by atoms with E-state index >= 15 is 0 Å². The monoisotopic (exact) mass is 256 g/mol. The zero-order valence-corrected chi connectivity index (χ0v) is 11.7. The first-order chi connectivity index (χ1) is 9.17. The Bertz CT molecular complexity index is 529. The fraction of sp³-hybridized carbons (Fsp3) is 0.312. The number of methoxy groups -OCH3 is 1. The molecule has 2 aromatic rings. The molecule has 0 saturated heterocycles. The third kappa shape index (κ3) is 2.76. The Morgan fingerprint density at radius 1 is 1.21 bits per heavy atom. The average molecular weight is 256 g/mol. The number of aryl methyl sites for hydroxylation is 2. The standard InChI is InChI=1S/C16H20N2O/c1-11-8-13(9-12(2)16(11)19-3)14(10-17)15-6-4-5-7-18-15/h4-9,14H,10,17H2,1-3H3. The molecule has 0 aliphatic carbocycles. The molecule has 1 aromatic heterocycles. The smallest absolute Gasteiger partial charge is 0.124 e. The van der Waals surface area contributed by atoms with Gasteiger partial charge < -0.3 is 10.5 Å². The van der Waals surface area contributed by atoms with Crippen LogP contribution in [0, 0.1) is 13.8 Å². The van der Waals surface area contributed by atoms with Gasteiger partial charge in [0.1, 0.15) is 5.75 Å². The highest BCUT2D eigenvalue weighted by Gasteiger charge is 2.16. The average Bonchev–Trinajstić information content (AvgIpc) is 2.40. The summed E-state index contributed by atoms with van der Waals surface area (Å²) in [4.78, 5) is 4.42. The van der Waals surface area contributed by atoms with Crippen LogP contribution in [0.15, 0.2) is 36.5 Å². The Labute approximate surface area is 114 Å². The SMILES string of the molecule is COc1c(C)cc(C(CN)c2ccccn2)cc1C. The quantitative estimate of drug-likeness (QED) is 0.915. The molecule has 0 saturated carbocycles. The van der Waals surface area contributed by atoms with Gasteiger partial charge in [0, 0.05) is 24.4 Å². The zero-order valence-electron chi connectivity index (χ0n) is 11.7. The van der Waals surface area contributed by atoms with Gasteiger partial charge in [-0.15, -0.1) is 0 Å². The van der Waals surface area contributed by atoms with Gasteiger partial charge in [0.2, 0.25) is 0 Å². The number of nitrogens with two attached hydrogens (primary N) is 1.